The van der Waals surface area contributed by atoms with Crippen LogP contribution in [-0.2, 0) is 0 Å². The van der Waals surface area contributed by atoms with Crippen molar-refractivity contribution in [1.82, 2.24) is 9.97 Å². The summed E-state index contributed by atoms with van der Waals surface area (Å²) in [6.07, 6.45) is 3.21. The third-order valence-corrected chi connectivity index (χ3v) is 1.70. The molecule has 0 saturated carbocycles. The molecule has 0 saturated heterocycles. The number of aromatic nitrogens is 2. The maximum Gasteiger partial charge on any atom is 0.114 e. The van der Waals surface area contributed by atoms with Crippen LogP contribution in [0.3, 0.4) is 0 Å². The zero-order valence-electron chi connectivity index (χ0n) is 6.36. The molecule has 2 heterocycles. The highest BCUT2D eigenvalue weighted by molar-refractivity contribution is 5.91. The van der Waals surface area contributed by atoms with E-state index in [2.05, 4.69) is 9.97 Å². The Hall–Kier alpha value is -1.84. The van der Waals surface area contributed by atoms with Crippen LogP contribution in [0.25, 0.3) is 11.0 Å². The molecule has 0 aromatic carbocycles. The van der Waals surface area contributed by atoms with Crippen molar-refractivity contribution >= 4 is 22.4 Å². The lowest BCUT2D eigenvalue weighted by atomic mass is 10.2. The molecule has 4 nitrogen and oxygen atoms in total. The standard InChI is InChI=1S/C8H8N4/c9-5-4-12-6-2-1-3-11-8(6)7(5)10/h1-4H,9H2,(H2,10,12). The molecule has 12 heavy (non-hydrogen) atoms. The average Bonchev–Trinajstić information content (AvgIpc) is 2.12. The first-order valence-corrected chi connectivity index (χ1v) is 3.53. The Balaban J connectivity index is 2.91. The second-order valence-electron chi connectivity index (χ2n) is 2.50. The van der Waals surface area contributed by atoms with Crippen molar-refractivity contribution in [3.8, 4) is 0 Å². The number of pyridine rings is 2. The first-order valence-electron chi connectivity index (χ1n) is 3.53. The number of hydrogen-bond acceptors (Lipinski definition) is 4. The SMILES string of the molecule is Nc1cnc2cccnc2c1N. The van der Waals surface area contributed by atoms with Gasteiger partial charge in [0.2, 0.25) is 0 Å². The number of rotatable bonds is 0. The molecule has 0 radical (unpaired) electrons. The van der Waals surface area contributed by atoms with Gasteiger partial charge in [-0.2, -0.15) is 0 Å². The van der Waals surface area contributed by atoms with E-state index >= 15 is 0 Å². The number of anilines is 2. The topological polar surface area (TPSA) is 77.8 Å². The lowest BCUT2D eigenvalue weighted by Crippen LogP contribution is -1.97. The average molecular weight is 160 g/mol. The van der Waals surface area contributed by atoms with E-state index in [1.165, 1.54) is 0 Å². The van der Waals surface area contributed by atoms with Gasteiger partial charge in [-0.05, 0) is 12.1 Å². The van der Waals surface area contributed by atoms with Gasteiger partial charge in [0.15, 0.2) is 0 Å². The Kier molecular flexibility index (Phi) is 1.33. The predicted octanol–water partition coefficient (Wildman–Crippen LogP) is 0.794. The van der Waals surface area contributed by atoms with Crippen LogP contribution < -0.4 is 11.5 Å². The molecule has 0 unspecified atom stereocenters. The lowest BCUT2D eigenvalue weighted by Gasteiger charge is -2.01. The molecule has 60 valence electrons. The van der Waals surface area contributed by atoms with Gasteiger partial charge in [0.1, 0.15) is 5.52 Å². The molecule has 2 rings (SSSR count). The smallest absolute Gasteiger partial charge is 0.114 e. The van der Waals surface area contributed by atoms with Gasteiger partial charge in [0.25, 0.3) is 0 Å². The van der Waals surface area contributed by atoms with Crippen molar-refractivity contribution in [3.63, 3.8) is 0 Å². The minimum Gasteiger partial charge on any atom is -0.396 e. The normalized spacial score (nSPS) is 10.3. The summed E-state index contributed by atoms with van der Waals surface area (Å²) in [4.78, 5) is 8.15. The van der Waals surface area contributed by atoms with E-state index in [4.69, 9.17) is 11.5 Å². The first kappa shape index (κ1) is 6.84. The number of nitrogens with two attached hydrogens (primary N) is 2. The van der Waals surface area contributed by atoms with Gasteiger partial charge in [0.05, 0.1) is 23.1 Å². The van der Waals surface area contributed by atoms with Crippen LogP contribution >= 0.6 is 0 Å². The Morgan fingerprint density at radius 2 is 2.00 bits per heavy atom. The van der Waals surface area contributed by atoms with E-state index in [0.717, 1.165) is 5.52 Å². The number of nitrogen functional groups attached to an aromatic ring is 2. The maximum atomic E-state index is 5.69. The van der Waals surface area contributed by atoms with Gasteiger partial charge < -0.3 is 11.5 Å². The Morgan fingerprint density at radius 1 is 1.17 bits per heavy atom. The summed E-state index contributed by atoms with van der Waals surface area (Å²) in [5, 5.41) is 0. The molecule has 0 atom stereocenters. The van der Waals surface area contributed by atoms with Crippen molar-refractivity contribution < 1.29 is 0 Å². The molecule has 4 heteroatoms. The van der Waals surface area contributed by atoms with Crippen LogP contribution in [0.2, 0.25) is 0 Å². The van der Waals surface area contributed by atoms with Crippen LogP contribution in [-0.4, -0.2) is 9.97 Å². The van der Waals surface area contributed by atoms with E-state index in [9.17, 15) is 0 Å². The molecular weight excluding hydrogens is 152 g/mol. The summed E-state index contributed by atoms with van der Waals surface area (Å²) in [6.45, 7) is 0. The molecule has 0 amide bonds. The number of hydrogen-bond donors (Lipinski definition) is 2. The predicted molar refractivity (Wildman–Crippen MR) is 48.4 cm³/mol. The molecule has 2 aromatic heterocycles. The Labute approximate surface area is 69.2 Å². The summed E-state index contributed by atoms with van der Waals surface area (Å²) < 4.78 is 0. The molecule has 0 bridgehead atoms. The van der Waals surface area contributed by atoms with Crippen LogP contribution in [0.15, 0.2) is 24.5 Å². The molecule has 2 aromatic rings. The summed E-state index contributed by atoms with van der Waals surface area (Å²) >= 11 is 0. The van der Waals surface area contributed by atoms with Gasteiger partial charge >= 0.3 is 0 Å². The van der Waals surface area contributed by atoms with Crippen molar-refractivity contribution in [3.05, 3.63) is 24.5 Å². The zero-order valence-corrected chi connectivity index (χ0v) is 6.36. The fourth-order valence-corrected chi connectivity index (χ4v) is 1.05. The zero-order chi connectivity index (χ0) is 8.55. The van der Waals surface area contributed by atoms with Crippen LogP contribution in [0.5, 0.6) is 0 Å². The van der Waals surface area contributed by atoms with E-state index in [-0.39, 0.29) is 0 Å². The fraction of sp³-hybridized carbons (Fsp3) is 0. The van der Waals surface area contributed by atoms with E-state index < -0.39 is 0 Å². The van der Waals surface area contributed by atoms with Crippen LogP contribution in [0.4, 0.5) is 11.4 Å². The number of nitrogens with zero attached hydrogens (tertiary/aromatic N) is 2. The summed E-state index contributed by atoms with van der Waals surface area (Å²) in [5.74, 6) is 0. The number of fused-ring (bicyclic) bond motifs is 1. The fourth-order valence-electron chi connectivity index (χ4n) is 1.05. The van der Waals surface area contributed by atoms with Crippen molar-refractivity contribution in [2.75, 3.05) is 11.5 Å². The molecule has 0 aliphatic heterocycles. The van der Waals surface area contributed by atoms with Crippen molar-refractivity contribution in [2.24, 2.45) is 0 Å². The highest BCUT2D eigenvalue weighted by Crippen LogP contribution is 2.21. The summed E-state index contributed by atoms with van der Waals surface area (Å²) in [5.41, 5.74) is 13.7. The molecule has 0 spiro atoms. The highest BCUT2D eigenvalue weighted by atomic mass is 14.8. The minimum absolute atomic E-state index is 0.473. The van der Waals surface area contributed by atoms with E-state index in [1.54, 1.807) is 12.4 Å². The van der Waals surface area contributed by atoms with Gasteiger partial charge in [-0.3, -0.25) is 9.97 Å². The van der Waals surface area contributed by atoms with Crippen molar-refractivity contribution in [1.29, 1.82) is 0 Å². The highest BCUT2D eigenvalue weighted by Gasteiger charge is 2.01. The third-order valence-electron chi connectivity index (χ3n) is 1.70. The monoisotopic (exact) mass is 160 g/mol. The lowest BCUT2D eigenvalue weighted by molar-refractivity contribution is 1.34. The second kappa shape index (κ2) is 2.34. The third kappa shape index (κ3) is 0.852. The van der Waals surface area contributed by atoms with Gasteiger partial charge in [-0.15, -0.1) is 0 Å². The van der Waals surface area contributed by atoms with Crippen LogP contribution in [0, 0.1) is 0 Å². The second-order valence-corrected chi connectivity index (χ2v) is 2.50. The van der Waals surface area contributed by atoms with Gasteiger partial charge in [0, 0.05) is 6.20 Å². The van der Waals surface area contributed by atoms with Crippen molar-refractivity contribution in [2.45, 2.75) is 0 Å². The van der Waals surface area contributed by atoms with Gasteiger partial charge in [-0.25, -0.2) is 0 Å². The minimum atomic E-state index is 0.473. The Bertz CT molecular complexity index is 424. The molecular formula is C8H8N4. The maximum absolute atomic E-state index is 5.69. The summed E-state index contributed by atoms with van der Waals surface area (Å²) in [6, 6.07) is 3.66. The van der Waals surface area contributed by atoms with Crippen LogP contribution in [0.1, 0.15) is 0 Å². The summed E-state index contributed by atoms with van der Waals surface area (Å²) in [7, 11) is 0. The Morgan fingerprint density at radius 3 is 2.83 bits per heavy atom. The molecule has 0 fully saturated rings. The quantitative estimate of drug-likeness (QED) is 0.597. The molecule has 0 aliphatic carbocycles. The largest absolute Gasteiger partial charge is 0.396 e. The first-order chi connectivity index (χ1) is 5.79. The molecule has 4 N–H and O–H groups in total. The molecule has 0 aliphatic rings. The van der Waals surface area contributed by atoms with Gasteiger partial charge in [-0.1, -0.05) is 0 Å². The van der Waals surface area contributed by atoms with E-state index in [1.807, 2.05) is 12.1 Å². The van der Waals surface area contributed by atoms with E-state index in [0.29, 0.717) is 16.9 Å².